The van der Waals surface area contributed by atoms with Crippen LogP contribution in [0, 0.1) is 0 Å². The van der Waals surface area contributed by atoms with Crippen LogP contribution in [-0.2, 0) is 6.42 Å². The van der Waals surface area contributed by atoms with Crippen LogP contribution in [0.3, 0.4) is 0 Å². The van der Waals surface area contributed by atoms with Crippen LogP contribution in [0.2, 0.25) is 0 Å². The smallest absolute Gasteiger partial charge is 0.220 e. The number of aryl methyl sites for hydroxylation is 1. The maximum Gasteiger partial charge on any atom is 0.220 e. The van der Waals surface area contributed by atoms with E-state index in [4.69, 9.17) is 11.5 Å². The van der Waals surface area contributed by atoms with Gasteiger partial charge in [-0.25, -0.2) is 9.97 Å². The van der Waals surface area contributed by atoms with Crippen LogP contribution in [0.25, 0.3) is 0 Å². The molecule has 16 heavy (non-hydrogen) atoms. The van der Waals surface area contributed by atoms with E-state index >= 15 is 0 Å². The van der Waals surface area contributed by atoms with Crippen LogP contribution >= 0.6 is 0 Å². The Morgan fingerprint density at radius 2 is 2.12 bits per heavy atom. The monoisotopic (exact) mass is 220 g/mol. The summed E-state index contributed by atoms with van der Waals surface area (Å²) in [5, 5.41) is 0. The fourth-order valence-corrected chi connectivity index (χ4v) is 2.58. The lowest BCUT2D eigenvalue weighted by atomic mass is 9.93. The zero-order valence-corrected chi connectivity index (χ0v) is 10.0. The summed E-state index contributed by atoms with van der Waals surface area (Å²) < 4.78 is 0. The highest BCUT2D eigenvalue weighted by Gasteiger charge is 2.28. The Morgan fingerprint density at radius 3 is 2.75 bits per heavy atom. The molecule has 4 heteroatoms. The summed E-state index contributed by atoms with van der Waals surface area (Å²) in [6, 6.07) is 0. The number of hydrogen-bond acceptors (Lipinski definition) is 4. The first-order valence-corrected chi connectivity index (χ1v) is 5.99. The molecule has 1 aromatic heterocycles. The van der Waals surface area contributed by atoms with Gasteiger partial charge < -0.3 is 11.5 Å². The first-order chi connectivity index (χ1) is 7.63. The molecule has 4 nitrogen and oxygen atoms in total. The van der Waals surface area contributed by atoms with Gasteiger partial charge in [-0.2, -0.15) is 0 Å². The van der Waals surface area contributed by atoms with Gasteiger partial charge in [-0.15, -0.1) is 0 Å². The zero-order valence-electron chi connectivity index (χ0n) is 10.0. The van der Waals surface area contributed by atoms with Gasteiger partial charge in [0.25, 0.3) is 0 Å². The quantitative estimate of drug-likeness (QED) is 0.810. The summed E-state index contributed by atoms with van der Waals surface area (Å²) in [7, 11) is 0. The lowest BCUT2D eigenvalue weighted by molar-refractivity contribution is 0.615. The van der Waals surface area contributed by atoms with Crippen LogP contribution < -0.4 is 11.5 Å². The van der Waals surface area contributed by atoms with E-state index in [1.54, 1.807) is 0 Å². The molecule has 1 aliphatic carbocycles. The van der Waals surface area contributed by atoms with E-state index in [9.17, 15) is 0 Å². The van der Waals surface area contributed by atoms with Crippen LogP contribution in [0.1, 0.15) is 55.5 Å². The largest absolute Gasteiger partial charge is 0.368 e. The van der Waals surface area contributed by atoms with Crippen molar-refractivity contribution in [3.8, 4) is 0 Å². The molecule has 0 amide bonds. The Labute approximate surface area is 96.5 Å². The SMILES string of the molecule is CC(C)c1nc(N)nc2c1C(CCN)CC2. The fourth-order valence-electron chi connectivity index (χ4n) is 2.58. The molecule has 4 N–H and O–H groups in total. The molecule has 1 heterocycles. The third-order valence-electron chi connectivity index (χ3n) is 3.27. The van der Waals surface area contributed by atoms with E-state index in [-0.39, 0.29) is 0 Å². The molecule has 0 radical (unpaired) electrons. The van der Waals surface area contributed by atoms with Crippen molar-refractivity contribution in [2.45, 2.75) is 44.9 Å². The molecule has 0 aliphatic heterocycles. The third-order valence-corrected chi connectivity index (χ3v) is 3.27. The number of rotatable bonds is 3. The second kappa shape index (κ2) is 4.37. The summed E-state index contributed by atoms with van der Waals surface area (Å²) in [5.74, 6) is 1.35. The number of fused-ring (bicyclic) bond motifs is 1. The van der Waals surface area contributed by atoms with Gasteiger partial charge in [-0.1, -0.05) is 13.8 Å². The summed E-state index contributed by atoms with van der Waals surface area (Å²) in [6.45, 7) is 5.03. The predicted octanol–water partition coefficient (Wildman–Crippen LogP) is 1.56. The summed E-state index contributed by atoms with van der Waals surface area (Å²) in [6.07, 6.45) is 3.19. The standard InChI is InChI=1S/C12H20N4/c1-7(2)11-10-8(5-6-13)3-4-9(10)15-12(14)16-11/h7-8H,3-6,13H2,1-2H3,(H2,14,15,16). The lowest BCUT2D eigenvalue weighted by Crippen LogP contribution is -2.11. The second-order valence-corrected chi connectivity index (χ2v) is 4.80. The van der Waals surface area contributed by atoms with Gasteiger partial charge in [-0.3, -0.25) is 0 Å². The highest BCUT2D eigenvalue weighted by Crippen LogP contribution is 2.38. The number of nitrogens with zero attached hydrogens (tertiary/aromatic N) is 2. The predicted molar refractivity (Wildman–Crippen MR) is 65.3 cm³/mol. The fraction of sp³-hybridized carbons (Fsp3) is 0.667. The molecular formula is C12H20N4. The van der Waals surface area contributed by atoms with E-state index in [1.165, 1.54) is 5.56 Å². The Bertz CT molecular complexity index is 387. The molecule has 1 aliphatic rings. The average Bonchev–Trinajstić information content (AvgIpc) is 2.60. The number of aromatic nitrogens is 2. The van der Waals surface area contributed by atoms with Crippen molar-refractivity contribution in [1.82, 2.24) is 9.97 Å². The van der Waals surface area contributed by atoms with Gasteiger partial charge in [0.2, 0.25) is 5.95 Å². The average molecular weight is 220 g/mol. The Balaban J connectivity index is 2.46. The minimum Gasteiger partial charge on any atom is -0.368 e. The van der Waals surface area contributed by atoms with Crippen molar-refractivity contribution < 1.29 is 0 Å². The molecule has 0 aromatic carbocycles. The zero-order chi connectivity index (χ0) is 11.7. The van der Waals surface area contributed by atoms with Crippen LogP contribution in [-0.4, -0.2) is 16.5 Å². The number of hydrogen-bond donors (Lipinski definition) is 2. The third kappa shape index (κ3) is 1.89. The van der Waals surface area contributed by atoms with E-state index in [0.29, 0.717) is 17.8 Å². The maximum atomic E-state index is 5.74. The van der Waals surface area contributed by atoms with Crippen molar-refractivity contribution in [3.05, 3.63) is 17.0 Å². The van der Waals surface area contributed by atoms with Crippen molar-refractivity contribution in [2.24, 2.45) is 5.73 Å². The van der Waals surface area contributed by atoms with Gasteiger partial charge in [-0.05, 0) is 43.2 Å². The first kappa shape index (κ1) is 11.3. The molecule has 0 fully saturated rings. The highest BCUT2D eigenvalue weighted by molar-refractivity contribution is 5.39. The highest BCUT2D eigenvalue weighted by atomic mass is 15.0. The summed E-state index contributed by atoms with van der Waals surface area (Å²) in [4.78, 5) is 8.76. The Morgan fingerprint density at radius 1 is 1.38 bits per heavy atom. The lowest BCUT2D eigenvalue weighted by Gasteiger charge is -2.16. The summed E-state index contributed by atoms with van der Waals surface area (Å²) >= 11 is 0. The number of nitrogens with two attached hydrogens (primary N) is 2. The van der Waals surface area contributed by atoms with E-state index in [0.717, 1.165) is 37.2 Å². The molecule has 88 valence electrons. The van der Waals surface area contributed by atoms with Crippen LogP contribution in [0.15, 0.2) is 0 Å². The Kier molecular flexibility index (Phi) is 3.10. The molecule has 1 aromatic rings. The van der Waals surface area contributed by atoms with E-state index < -0.39 is 0 Å². The van der Waals surface area contributed by atoms with Gasteiger partial charge in [0.05, 0.1) is 5.69 Å². The molecule has 0 saturated heterocycles. The van der Waals surface area contributed by atoms with Crippen molar-refractivity contribution in [3.63, 3.8) is 0 Å². The van der Waals surface area contributed by atoms with Gasteiger partial charge in [0, 0.05) is 5.69 Å². The normalized spacial score (nSPS) is 19.1. The van der Waals surface area contributed by atoms with E-state index in [2.05, 4.69) is 23.8 Å². The molecule has 0 bridgehead atoms. The molecule has 2 rings (SSSR count). The van der Waals surface area contributed by atoms with Crippen molar-refractivity contribution >= 4 is 5.95 Å². The minimum absolute atomic E-state index is 0.400. The number of nitrogen functional groups attached to an aromatic ring is 1. The van der Waals surface area contributed by atoms with Crippen molar-refractivity contribution in [2.75, 3.05) is 12.3 Å². The molecule has 1 atom stereocenters. The van der Waals surface area contributed by atoms with Gasteiger partial charge in [0.15, 0.2) is 0 Å². The van der Waals surface area contributed by atoms with Crippen LogP contribution in [0.5, 0.6) is 0 Å². The van der Waals surface area contributed by atoms with Crippen molar-refractivity contribution in [1.29, 1.82) is 0 Å². The maximum absolute atomic E-state index is 5.74. The number of anilines is 1. The van der Waals surface area contributed by atoms with Crippen LogP contribution in [0.4, 0.5) is 5.95 Å². The second-order valence-electron chi connectivity index (χ2n) is 4.80. The van der Waals surface area contributed by atoms with Gasteiger partial charge in [0.1, 0.15) is 0 Å². The van der Waals surface area contributed by atoms with Gasteiger partial charge >= 0.3 is 0 Å². The minimum atomic E-state index is 0.400. The van der Waals surface area contributed by atoms with E-state index in [1.807, 2.05) is 0 Å². The Hall–Kier alpha value is -1.16. The molecule has 1 unspecified atom stereocenters. The molecule has 0 spiro atoms. The topological polar surface area (TPSA) is 77.8 Å². The first-order valence-electron chi connectivity index (χ1n) is 5.99. The molecular weight excluding hydrogens is 200 g/mol. The molecule has 0 saturated carbocycles. The summed E-state index contributed by atoms with van der Waals surface area (Å²) in [5.41, 5.74) is 15.0.